The van der Waals surface area contributed by atoms with Crippen LogP contribution >= 0.6 is 11.3 Å². The van der Waals surface area contributed by atoms with Crippen molar-refractivity contribution < 1.29 is 0 Å². The van der Waals surface area contributed by atoms with Gasteiger partial charge in [0.2, 0.25) is 5.95 Å². The van der Waals surface area contributed by atoms with Gasteiger partial charge >= 0.3 is 0 Å². The molecule has 0 saturated carbocycles. The standard InChI is InChI=1S/C34H24N4S/c1-23-13-5-4-12-22-38(30-26(23)20-21-28-27-18-10-11-19-29(27)39-31(28)30)34-36-32(24-14-6-2-7-15-24)35-33(37-34)25-16-8-3-9-17-25/h2-21H,1,22H2/b12-4-,13-5-. The Morgan fingerprint density at radius 2 is 1.33 bits per heavy atom. The lowest BCUT2D eigenvalue weighted by molar-refractivity contribution is 0.964. The fourth-order valence-corrected chi connectivity index (χ4v) is 6.26. The van der Waals surface area contributed by atoms with Crippen LogP contribution in [0.3, 0.4) is 0 Å². The van der Waals surface area contributed by atoms with Crippen LogP contribution in [0.15, 0.2) is 128 Å². The Hall–Kier alpha value is -4.87. The highest BCUT2D eigenvalue weighted by Gasteiger charge is 2.24. The minimum atomic E-state index is 0.602. The molecule has 0 fully saturated rings. The van der Waals surface area contributed by atoms with Gasteiger partial charge in [-0.15, -0.1) is 11.3 Å². The summed E-state index contributed by atoms with van der Waals surface area (Å²) in [6.45, 7) is 5.02. The lowest BCUT2D eigenvalue weighted by Crippen LogP contribution is -2.22. The molecule has 2 aromatic heterocycles. The van der Waals surface area contributed by atoms with Crippen LogP contribution in [0.25, 0.3) is 48.5 Å². The lowest BCUT2D eigenvalue weighted by Gasteiger charge is -2.25. The van der Waals surface area contributed by atoms with Crippen LogP contribution in [-0.2, 0) is 0 Å². The van der Waals surface area contributed by atoms with E-state index in [1.165, 1.54) is 20.2 Å². The summed E-state index contributed by atoms with van der Waals surface area (Å²) in [5.41, 5.74) is 4.98. The van der Waals surface area contributed by atoms with Gasteiger partial charge in [-0.2, -0.15) is 9.97 Å². The fourth-order valence-electron chi connectivity index (χ4n) is 5.00. The van der Waals surface area contributed by atoms with Crippen molar-refractivity contribution in [3.05, 3.63) is 134 Å². The number of aromatic nitrogens is 3. The molecule has 6 aromatic rings. The predicted octanol–water partition coefficient (Wildman–Crippen LogP) is 8.85. The highest BCUT2D eigenvalue weighted by Crippen LogP contribution is 2.45. The van der Waals surface area contributed by atoms with Gasteiger partial charge in [0.15, 0.2) is 11.6 Å². The molecule has 3 heterocycles. The molecule has 39 heavy (non-hydrogen) atoms. The largest absolute Gasteiger partial charge is 0.305 e. The summed E-state index contributed by atoms with van der Waals surface area (Å²) >= 11 is 1.80. The molecule has 0 bridgehead atoms. The van der Waals surface area contributed by atoms with Crippen LogP contribution in [0.2, 0.25) is 0 Å². The van der Waals surface area contributed by atoms with Gasteiger partial charge in [-0.1, -0.05) is 122 Å². The van der Waals surface area contributed by atoms with Crippen LogP contribution < -0.4 is 4.90 Å². The molecule has 0 N–H and O–H groups in total. The van der Waals surface area contributed by atoms with Crippen LogP contribution in [0.1, 0.15) is 5.56 Å². The minimum Gasteiger partial charge on any atom is -0.305 e. The first-order valence-electron chi connectivity index (χ1n) is 12.9. The molecule has 0 radical (unpaired) electrons. The van der Waals surface area contributed by atoms with Crippen molar-refractivity contribution in [2.24, 2.45) is 0 Å². The second-order valence-corrected chi connectivity index (χ2v) is 10.4. The first-order chi connectivity index (χ1) is 19.3. The smallest absolute Gasteiger partial charge is 0.234 e. The van der Waals surface area contributed by atoms with Crippen LogP contribution in [0.5, 0.6) is 0 Å². The number of nitrogens with zero attached hydrogens (tertiary/aromatic N) is 4. The molecular formula is C34H24N4S. The summed E-state index contributed by atoms with van der Waals surface area (Å²) in [5, 5.41) is 2.47. The van der Waals surface area contributed by atoms with Crippen molar-refractivity contribution >= 4 is 48.7 Å². The number of thiophene rings is 1. The molecule has 1 aliphatic heterocycles. The summed E-state index contributed by atoms with van der Waals surface area (Å²) in [5.74, 6) is 1.89. The first kappa shape index (κ1) is 23.3. The van der Waals surface area contributed by atoms with Crippen molar-refractivity contribution in [2.75, 3.05) is 11.4 Å². The summed E-state index contributed by atoms with van der Waals surface area (Å²) in [6, 6.07) is 33.2. The predicted molar refractivity (Wildman–Crippen MR) is 164 cm³/mol. The van der Waals surface area contributed by atoms with E-state index in [4.69, 9.17) is 15.0 Å². The van der Waals surface area contributed by atoms with Crippen molar-refractivity contribution in [1.82, 2.24) is 15.0 Å². The lowest BCUT2D eigenvalue weighted by atomic mass is 10.0. The number of benzene rings is 4. The molecule has 1 aliphatic rings. The summed E-state index contributed by atoms with van der Waals surface area (Å²) < 4.78 is 2.45. The highest BCUT2D eigenvalue weighted by molar-refractivity contribution is 7.26. The molecule has 0 saturated heterocycles. The Labute approximate surface area is 231 Å². The van der Waals surface area contributed by atoms with E-state index in [0.717, 1.165) is 28.0 Å². The van der Waals surface area contributed by atoms with E-state index in [0.29, 0.717) is 24.1 Å². The van der Waals surface area contributed by atoms with Gasteiger partial charge in [0.05, 0.1) is 10.4 Å². The average molecular weight is 521 g/mol. The number of hydrogen-bond donors (Lipinski definition) is 0. The van der Waals surface area contributed by atoms with E-state index < -0.39 is 0 Å². The number of hydrogen-bond acceptors (Lipinski definition) is 5. The molecule has 7 rings (SSSR count). The number of allylic oxidation sites excluding steroid dienone is 4. The Kier molecular flexibility index (Phi) is 5.83. The third-order valence-electron chi connectivity index (χ3n) is 6.90. The quantitative estimate of drug-likeness (QED) is 0.234. The van der Waals surface area contributed by atoms with E-state index in [1.54, 1.807) is 11.3 Å². The van der Waals surface area contributed by atoms with Gasteiger partial charge in [-0.3, -0.25) is 0 Å². The average Bonchev–Trinajstić information content (AvgIpc) is 3.41. The van der Waals surface area contributed by atoms with Crippen LogP contribution in [-0.4, -0.2) is 21.5 Å². The fraction of sp³-hybridized carbons (Fsp3) is 0.0294. The SMILES string of the molecule is C=C1/C=C\C=C/CN(c2nc(-c3ccccc3)nc(-c3ccccc3)n2)c2c1ccc1c2sc2ccccc21. The molecule has 4 aromatic carbocycles. The van der Waals surface area contributed by atoms with Gasteiger partial charge in [0.25, 0.3) is 0 Å². The molecule has 0 amide bonds. The number of fused-ring (bicyclic) bond motifs is 5. The zero-order valence-corrected chi connectivity index (χ0v) is 22.0. The van der Waals surface area contributed by atoms with Gasteiger partial charge in [-0.05, 0) is 11.6 Å². The molecule has 0 atom stereocenters. The molecule has 0 aliphatic carbocycles. The van der Waals surface area contributed by atoms with Crippen LogP contribution in [0, 0.1) is 0 Å². The van der Waals surface area contributed by atoms with Crippen molar-refractivity contribution in [1.29, 1.82) is 0 Å². The number of rotatable bonds is 3. The maximum Gasteiger partial charge on any atom is 0.234 e. The molecule has 5 heteroatoms. The maximum absolute atomic E-state index is 5.06. The van der Waals surface area contributed by atoms with Crippen molar-refractivity contribution in [3.63, 3.8) is 0 Å². The second-order valence-electron chi connectivity index (χ2n) is 9.37. The van der Waals surface area contributed by atoms with E-state index in [2.05, 4.69) is 66.1 Å². The zero-order valence-electron chi connectivity index (χ0n) is 21.2. The summed E-state index contributed by atoms with van der Waals surface area (Å²) in [7, 11) is 0. The van der Waals surface area contributed by atoms with E-state index in [1.807, 2.05) is 66.7 Å². The zero-order chi connectivity index (χ0) is 26.2. The van der Waals surface area contributed by atoms with Gasteiger partial charge in [0.1, 0.15) is 0 Å². The minimum absolute atomic E-state index is 0.602. The Morgan fingerprint density at radius 3 is 2.05 bits per heavy atom. The van der Waals surface area contributed by atoms with Crippen molar-refractivity contribution in [2.45, 2.75) is 0 Å². The second kappa shape index (κ2) is 9.78. The molecule has 186 valence electrons. The Bertz CT molecular complexity index is 1840. The van der Waals surface area contributed by atoms with E-state index >= 15 is 0 Å². The van der Waals surface area contributed by atoms with Gasteiger partial charge in [0, 0.05) is 38.7 Å². The summed E-state index contributed by atoms with van der Waals surface area (Å²) in [4.78, 5) is 17.2. The topological polar surface area (TPSA) is 41.9 Å². The summed E-state index contributed by atoms with van der Waals surface area (Å²) in [6.07, 6.45) is 8.31. The molecule has 0 spiro atoms. The Morgan fingerprint density at radius 1 is 0.667 bits per heavy atom. The first-order valence-corrected chi connectivity index (χ1v) is 13.7. The molecular weight excluding hydrogens is 496 g/mol. The van der Waals surface area contributed by atoms with Crippen molar-refractivity contribution in [3.8, 4) is 22.8 Å². The normalized spacial score (nSPS) is 15.0. The van der Waals surface area contributed by atoms with Gasteiger partial charge in [-0.25, -0.2) is 4.98 Å². The maximum atomic E-state index is 5.06. The van der Waals surface area contributed by atoms with E-state index in [9.17, 15) is 0 Å². The third kappa shape index (κ3) is 4.23. The van der Waals surface area contributed by atoms with E-state index in [-0.39, 0.29) is 0 Å². The Balaban J connectivity index is 1.53. The number of anilines is 2. The van der Waals surface area contributed by atoms with Gasteiger partial charge < -0.3 is 4.90 Å². The molecule has 0 unspecified atom stereocenters. The molecule has 4 nitrogen and oxygen atoms in total. The monoisotopic (exact) mass is 520 g/mol. The van der Waals surface area contributed by atoms with Crippen LogP contribution in [0.4, 0.5) is 11.6 Å². The third-order valence-corrected chi connectivity index (χ3v) is 8.09. The highest BCUT2D eigenvalue weighted by atomic mass is 32.1.